The summed E-state index contributed by atoms with van der Waals surface area (Å²) in [7, 11) is 0. The standard InChI is InChI=1S/C28H24N2O4/c1-18(28(32)29-14-13-20-17-30-25-10-6-5-9-22(20)25)33-21-11-12-23-24(19-7-3-2-4-8-19)16-27(31)34-26(23)15-21/h2-12,15-18,30H,13-14H2,1H3,(H,29,32)/t18-/m0/s1. The van der Waals surface area contributed by atoms with Gasteiger partial charge in [0.15, 0.2) is 6.10 Å². The number of carbonyl (C=O) groups excluding carboxylic acids is 1. The molecule has 0 unspecified atom stereocenters. The molecule has 0 saturated heterocycles. The van der Waals surface area contributed by atoms with Crippen LogP contribution in [0.5, 0.6) is 5.75 Å². The Hall–Kier alpha value is -4.32. The summed E-state index contributed by atoms with van der Waals surface area (Å²) in [6.45, 7) is 2.20. The van der Waals surface area contributed by atoms with E-state index in [9.17, 15) is 9.59 Å². The normalized spacial score (nSPS) is 12.0. The molecule has 0 saturated carbocycles. The number of amides is 1. The molecule has 1 amide bonds. The van der Waals surface area contributed by atoms with E-state index in [1.807, 2.05) is 60.8 Å². The zero-order chi connectivity index (χ0) is 23.5. The lowest BCUT2D eigenvalue weighted by Crippen LogP contribution is -2.37. The fourth-order valence-electron chi connectivity index (χ4n) is 4.13. The quantitative estimate of drug-likeness (QED) is 0.338. The lowest BCUT2D eigenvalue weighted by Gasteiger charge is -2.15. The van der Waals surface area contributed by atoms with Gasteiger partial charge in [0.1, 0.15) is 11.3 Å². The molecule has 0 aliphatic carbocycles. The number of carbonyl (C=O) groups is 1. The van der Waals surface area contributed by atoms with Gasteiger partial charge in [-0.05, 0) is 48.2 Å². The van der Waals surface area contributed by atoms with Crippen LogP contribution in [-0.4, -0.2) is 23.5 Å². The van der Waals surface area contributed by atoms with Crippen LogP contribution in [0.1, 0.15) is 12.5 Å². The van der Waals surface area contributed by atoms with Crippen LogP contribution < -0.4 is 15.7 Å². The third kappa shape index (κ3) is 4.43. The highest BCUT2D eigenvalue weighted by Gasteiger charge is 2.16. The van der Waals surface area contributed by atoms with Crippen LogP contribution in [0.15, 0.2) is 94.3 Å². The Labute approximate surface area is 196 Å². The second kappa shape index (κ2) is 9.27. The van der Waals surface area contributed by atoms with Crippen molar-refractivity contribution in [1.29, 1.82) is 0 Å². The van der Waals surface area contributed by atoms with Crippen molar-refractivity contribution >= 4 is 27.8 Å². The van der Waals surface area contributed by atoms with Gasteiger partial charge in [-0.15, -0.1) is 0 Å². The highest BCUT2D eigenvalue weighted by atomic mass is 16.5. The molecule has 0 aliphatic rings. The maximum Gasteiger partial charge on any atom is 0.336 e. The highest BCUT2D eigenvalue weighted by Crippen LogP contribution is 2.29. The van der Waals surface area contributed by atoms with Gasteiger partial charge in [0.25, 0.3) is 5.91 Å². The molecule has 2 N–H and O–H groups in total. The zero-order valence-electron chi connectivity index (χ0n) is 18.7. The summed E-state index contributed by atoms with van der Waals surface area (Å²) in [5, 5.41) is 4.89. The number of rotatable bonds is 7. The monoisotopic (exact) mass is 452 g/mol. The molecule has 0 aliphatic heterocycles. The lowest BCUT2D eigenvalue weighted by molar-refractivity contribution is -0.127. The Morgan fingerprint density at radius 3 is 2.65 bits per heavy atom. The number of hydrogen-bond acceptors (Lipinski definition) is 4. The van der Waals surface area contributed by atoms with E-state index in [-0.39, 0.29) is 5.91 Å². The SMILES string of the molecule is C[C@H](Oc1ccc2c(-c3ccccc3)cc(=O)oc2c1)C(=O)NCCc1c[nH]c2ccccc12. The van der Waals surface area contributed by atoms with Crippen LogP contribution in [0.2, 0.25) is 0 Å². The lowest BCUT2D eigenvalue weighted by atomic mass is 10.0. The van der Waals surface area contributed by atoms with Crippen LogP contribution >= 0.6 is 0 Å². The topological polar surface area (TPSA) is 84.3 Å². The predicted octanol–water partition coefficient (Wildman–Crippen LogP) is 5.07. The van der Waals surface area contributed by atoms with Crippen molar-refractivity contribution in [3.05, 3.63) is 101 Å². The smallest absolute Gasteiger partial charge is 0.336 e. The Morgan fingerprint density at radius 2 is 1.79 bits per heavy atom. The number of aromatic nitrogens is 1. The number of nitrogens with one attached hydrogen (secondary N) is 2. The number of fused-ring (bicyclic) bond motifs is 2. The zero-order valence-corrected chi connectivity index (χ0v) is 18.7. The van der Waals surface area contributed by atoms with Crippen molar-refractivity contribution in [2.24, 2.45) is 0 Å². The van der Waals surface area contributed by atoms with Crippen LogP contribution in [0.3, 0.4) is 0 Å². The Bertz CT molecular complexity index is 1520. The average Bonchev–Trinajstić information content (AvgIpc) is 3.27. The molecule has 5 rings (SSSR count). The molecular weight excluding hydrogens is 428 g/mol. The summed E-state index contributed by atoms with van der Waals surface area (Å²) in [5.41, 5.74) is 3.93. The van der Waals surface area contributed by atoms with E-state index in [1.165, 1.54) is 6.07 Å². The Morgan fingerprint density at radius 1 is 1.00 bits per heavy atom. The summed E-state index contributed by atoms with van der Waals surface area (Å²) in [4.78, 5) is 28.0. The molecule has 170 valence electrons. The molecule has 6 heteroatoms. The Kier molecular flexibility index (Phi) is 5.87. The van der Waals surface area contributed by atoms with E-state index in [1.54, 1.807) is 19.1 Å². The van der Waals surface area contributed by atoms with E-state index in [0.29, 0.717) is 24.3 Å². The number of benzene rings is 3. The molecule has 0 fully saturated rings. The van der Waals surface area contributed by atoms with E-state index >= 15 is 0 Å². The van der Waals surface area contributed by atoms with Gasteiger partial charge in [-0.2, -0.15) is 0 Å². The molecule has 2 heterocycles. The van der Waals surface area contributed by atoms with Crippen LogP contribution in [-0.2, 0) is 11.2 Å². The molecule has 5 aromatic rings. The van der Waals surface area contributed by atoms with Gasteiger partial charge in [-0.3, -0.25) is 4.79 Å². The van der Waals surface area contributed by atoms with Gasteiger partial charge in [0.2, 0.25) is 0 Å². The van der Waals surface area contributed by atoms with Crippen molar-refractivity contribution in [3.8, 4) is 16.9 Å². The second-order valence-electron chi connectivity index (χ2n) is 8.16. The van der Waals surface area contributed by atoms with Crippen molar-refractivity contribution < 1.29 is 13.9 Å². The summed E-state index contributed by atoms with van der Waals surface area (Å²) >= 11 is 0. The van der Waals surface area contributed by atoms with Crippen LogP contribution in [0.4, 0.5) is 0 Å². The summed E-state index contributed by atoms with van der Waals surface area (Å²) < 4.78 is 11.3. The molecule has 0 bridgehead atoms. The van der Waals surface area contributed by atoms with Crippen LogP contribution in [0, 0.1) is 0 Å². The molecular formula is C28H24N2O4. The van der Waals surface area contributed by atoms with Crippen molar-refractivity contribution in [1.82, 2.24) is 10.3 Å². The fraction of sp³-hybridized carbons (Fsp3) is 0.143. The van der Waals surface area contributed by atoms with E-state index < -0.39 is 11.7 Å². The number of hydrogen-bond donors (Lipinski definition) is 2. The van der Waals surface area contributed by atoms with Crippen molar-refractivity contribution in [2.75, 3.05) is 6.54 Å². The molecule has 0 spiro atoms. The molecule has 6 nitrogen and oxygen atoms in total. The summed E-state index contributed by atoms with van der Waals surface area (Å²) in [6, 6.07) is 24.5. The van der Waals surface area contributed by atoms with Gasteiger partial charge in [-0.1, -0.05) is 48.5 Å². The van der Waals surface area contributed by atoms with Crippen molar-refractivity contribution in [2.45, 2.75) is 19.4 Å². The van der Waals surface area contributed by atoms with Crippen molar-refractivity contribution in [3.63, 3.8) is 0 Å². The Balaban J connectivity index is 1.26. The summed E-state index contributed by atoms with van der Waals surface area (Å²) in [6.07, 6.45) is 1.99. The predicted molar refractivity (Wildman–Crippen MR) is 133 cm³/mol. The van der Waals surface area contributed by atoms with Gasteiger partial charge in [0.05, 0.1) is 0 Å². The molecule has 1 atom stereocenters. The van der Waals surface area contributed by atoms with E-state index in [2.05, 4.69) is 16.4 Å². The minimum absolute atomic E-state index is 0.209. The molecule has 0 radical (unpaired) electrons. The minimum Gasteiger partial charge on any atom is -0.481 e. The third-order valence-electron chi connectivity index (χ3n) is 5.85. The number of para-hydroxylation sites is 1. The van der Waals surface area contributed by atoms with E-state index in [0.717, 1.165) is 33.0 Å². The first kappa shape index (κ1) is 21.5. The molecule has 3 aromatic carbocycles. The average molecular weight is 453 g/mol. The van der Waals surface area contributed by atoms with Gasteiger partial charge < -0.3 is 19.5 Å². The minimum atomic E-state index is -0.704. The largest absolute Gasteiger partial charge is 0.481 e. The first-order valence-electron chi connectivity index (χ1n) is 11.2. The fourth-order valence-corrected chi connectivity index (χ4v) is 4.13. The number of aromatic amines is 1. The maximum absolute atomic E-state index is 12.6. The maximum atomic E-state index is 12.6. The summed E-state index contributed by atoms with van der Waals surface area (Å²) in [5.74, 6) is 0.250. The molecule has 2 aromatic heterocycles. The van der Waals surface area contributed by atoms with Gasteiger partial charge in [0, 0.05) is 41.2 Å². The first-order valence-corrected chi connectivity index (χ1v) is 11.2. The van der Waals surface area contributed by atoms with Gasteiger partial charge >= 0.3 is 5.63 Å². The van der Waals surface area contributed by atoms with Gasteiger partial charge in [-0.25, -0.2) is 4.79 Å². The highest BCUT2D eigenvalue weighted by molar-refractivity contribution is 5.93. The number of ether oxygens (including phenoxy) is 1. The van der Waals surface area contributed by atoms with E-state index in [4.69, 9.17) is 9.15 Å². The first-order chi connectivity index (χ1) is 16.6. The molecule has 34 heavy (non-hydrogen) atoms. The second-order valence-corrected chi connectivity index (χ2v) is 8.16. The number of H-pyrrole nitrogens is 1. The third-order valence-corrected chi connectivity index (χ3v) is 5.85. The van der Waals surface area contributed by atoms with Crippen LogP contribution in [0.25, 0.3) is 33.0 Å².